The van der Waals surface area contributed by atoms with E-state index in [-0.39, 0.29) is 5.91 Å². The predicted octanol–water partition coefficient (Wildman–Crippen LogP) is 3.23. The average Bonchev–Trinajstić information content (AvgIpc) is 2.83. The molecule has 0 fully saturated rings. The summed E-state index contributed by atoms with van der Waals surface area (Å²) < 4.78 is 1.86. The summed E-state index contributed by atoms with van der Waals surface area (Å²) in [4.78, 5) is 16.4. The number of anilines is 1. The van der Waals surface area contributed by atoms with Crippen LogP contribution in [-0.2, 0) is 11.8 Å². The number of hydrogen-bond acceptors (Lipinski definition) is 2. The second-order valence-corrected chi connectivity index (χ2v) is 4.72. The average molecular weight is 277 g/mol. The molecule has 4 heteroatoms. The van der Waals surface area contributed by atoms with Gasteiger partial charge in [-0.15, -0.1) is 0 Å². The van der Waals surface area contributed by atoms with Crippen molar-refractivity contribution in [2.45, 2.75) is 0 Å². The van der Waals surface area contributed by atoms with Crippen molar-refractivity contribution >= 4 is 29.0 Å². The van der Waals surface area contributed by atoms with E-state index in [0.29, 0.717) is 5.95 Å². The molecule has 0 saturated carbocycles. The molecule has 1 heterocycles. The van der Waals surface area contributed by atoms with Crippen LogP contribution in [0.25, 0.3) is 17.1 Å². The van der Waals surface area contributed by atoms with Gasteiger partial charge in [-0.25, -0.2) is 4.98 Å². The third-order valence-corrected chi connectivity index (χ3v) is 3.25. The zero-order valence-electron chi connectivity index (χ0n) is 11.7. The number of nitrogens with zero attached hydrogens (tertiary/aromatic N) is 2. The summed E-state index contributed by atoms with van der Waals surface area (Å²) in [5.74, 6) is 0.344. The molecule has 3 aromatic rings. The smallest absolute Gasteiger partial charge is 0.250 e. The molecule has 3 rings (SSSR count). The van der Waals surface area contributed by atoms with E-state index >= 15 is 0 Å². The van der Waals surface area contributed by atoms with Crippen molar-refractivity contribution in [2.24, 2.45) is 7.05 Å². The highest BCUT2D eigenvalue weighted by Crippen LogP contribution is 2.17. The number of amides is 1. The van der Waals surface area contributed by atoms with E-state index in [4.69, 9.17) is 0 Å². The number of aryl methyl sites for hydroxylation is 1. The third-order valence-electron chi connectivity index (χ3n) is 3.25. The SMILES string of the molecule is Cn1c(NC(=O)/C=C/c2ccccc2)nc2ccccc21. The Hall–Kier alpha value is -2.88. The maximum absolute atomic E-state index is 12.0. The van der Waals surface area contributed by atoms with E-state index in [1.807, 2.05) is 66.2 Å². The fraction of sp³-hybridized carbons (Fsp3) is 0.0588. The molecule has 4 nitrogen and oxygen atoms in total. The van der Waals surface area contributed by atoms with E-state index in [1.54, 1.807) is 6.08 Å². The summed E-state index contributed by atoms with van der Waals surface area (Å²) in [7, 11) is 1.88. The maximum Gasteiger partial charge on any atom is 0.250 e. The van der Waals surface area contributed by atoms with Crippen LogP contribution in [0.1, 0.15) is 5.56 Å². The van der Waals surface area contributed by atoms with Gasteiger partial charge in [0.15, 0.2) is 0 Å². The molecule has 2 aromatic carbocycles. The zero-order valence-corrected chi connectivity index (χ0v) is 11.7. The van der Waals surface area contributed by atoms with Gasteiger partial charge in [0.2, 0.25) is 5.95 Å². The molecule has 1 amide bonds. The summed E-state index contributed by atoms with van der Waals surface area (Å²) >= 11 is 0. The standard InChI is InChI=1S/C17H15N3O/c1-20-15-10-6-5-9-14(15)18-17(20)19-16(21)12-11-13-7-3-2-4-8-13/h2-12H,1H3,(H,18,19,21)/b12-11+. The van der Waals surface area contributed by atoms with Crippen molar-refractivity contribution in [2.75, 3.05) is 5.32 Å². The second kappa shape index (κ2) is 5.63. The first-order valence-corrected chi connectivity index (χ1v) is 6.69. The van der Waals surface area contributed by atoms with Crippen LogP contribution in [0.3, 0.4) is 0 Å². The molecule has 0 aliphatic carbocycles. The molecule has 0 bridgehead atoms. The van der Waals surface area contributed by atoms with Gasteiger partial charge in [0, 0.05) is 13.1 Å². The van der Waals surface area contributed by atoms with E-state index in [2.05, 4.69) is 10.3 Å². The second-order valence-electron chi connectivity index (χ2n) is 4.72. The molecule has 104 valence electrons. The van der Waals surface area contributed by atoms with Crippen molar-refractivity contribution in [1.82, 2.24) is 9.55 Å². The lowest BCUT2D eigenvalue weighted by Crippen LogP contribution is -2.11. The van der Waals surface area contributed by atoms with Gasteiger partial charge in [-0.2, -0.15) is 0 Å². The Morgan fingerprint density at radius 3 is 2.57 bits per heavy atom. The summed E-state index contributed by atoms with van der Waals surface area (Å²) in [5.41, 5.74) is 2.83. The van der Waals surface area contributed by atoms with Crippen molar-refractivity contribution in [3.8, 4) is 0 Å². The monoisotopic (exact) mass is 277 g/mol. The van der Waals surface area contributed by atoms with Gasteiger partial charge in [-0.1, -0.05) is 42.5 Å². The van der Waals surface area contributed by atoms with Crippen LogP contribution < -0.4 is 5.32 Å². The molecule has 1 N–H and O–H groups in total. The Balaban J connectivity index is 1.77. The Morgan fingerprint density at radius 1 is 1.10 bits per heavy atom. The van der Waals surface area contributed by atoms with Crippen LogP contribution in [0, 0.1) is 0 Å². The molecule has 0 spiro atoms. The van der Waals surface area contributed by atoms with E-state index in [0.717, 1.165) is 16.6 Å². The normalized spacial score (nSPS) is 11.1. The molecule has 0 aliphatic rings. The van der Waals surface area contributed by atoms with Crippen LogP contribution in [0.15, 0.2) is 60.7 Å². The first kappa shape index (κ1) is 13.1. The first-order valence-electron chi connectivity index (χ1n) is 6.69. The van der Waals surface area contributed by atoms with Crippen LogP contribution in [0.4, 0.5) is 5.95 Å². The van der Waals surface area contributed by atoms with Gasteiger partial charge in [-0.05, 0) is 23.8 Å². The summed E-state index contributed by atoms with van der Waals surface area (Å²) in [5, 5.41) is 2.80. The van der Waals surface area contributed by atoms with Crippen LogP contribution >= 0.6 is 0 Å². The number of nitrogens with one attached hydrogen (secondary N) is 1. The number of fused-ring (bicyclic) bond motifs is 1. The quantitative estimate of drug-likeness (QED) is 0.747. The van der Waals surface area contributed by atoms with Crippen molar-refractivity contribution in [1.29, 1.82) is 0 Å². The van der Waals surface area contributed by atoms with Crippen molar-refractivity contribution in [3.05, 3.63) is 66.2 Å². The van der Waals surface area contributed by atoms with E-state index in [1.165, 1.54) is 6.08 Å². The van der Waals surface area contributed by atoms with E-state index < -0.39 is 0 Å². The minimum atomic E-state index is -0.197. The van der Waals surface area contributed by atoms with Crippen LogP contribution in [0.5, 0.6) is 0 Å². The van der Waals surface area contributed by atoms with Gasteiger partial charge in [0.25, 0.3) is 5.91 Å². The maximum atomic E-state index is 12.0. The molecule has 1 aromatic heterocycles. The minimum absolute atomic E-state index is 0.197. The number of para-hydroxylation sites is 2. The van der Waals surface area contributed by atoms with E-state index in [9.17, 15) is 4.79 Å². The number of rotatable bonds is 3. The minimum Gasteiger partial charge on any atom is -0.313 e. The Labute approximate surface area is 122 Å². The summed E-state index contributed by atoms with van der Waals surface area (Å²) in [6.45, 7) is 0. The number of hydrogen-bond donors (Lipinski definition) is 1. The third kappa shape index (κ3) is 2.84. The first-order chi connectivity index (χ1) is 10.2. The van der Waals surface area contributed by atoms with Crippen molar-refractivity contribution in [3.63, 3.8) is 0 Å². The number of benzene rings is 2. The molecule has 0 atom stereocenters. The molecule has 0 unspecified atom stereocenters. The molecule has 0 radical (unpaired) electrons. The topological polar surface area (TPSA) is 46.9 Å². The highest BCUT2D eigenvalue weighted by atomic mass is 16.1. The summed E-state index contributed by atoms with van der Waals surface area (Å²) in [6.07, 6.45) is 3.28. The number of carbonyl (C=O) groups is 1. The number of carbonyl (C=O) groups excluding carboxylic acids is 1. The van der Waals surface area contributed by atoms with Gasteiger partial charge in [0.05, 0.1) is 11.0 Å². The summed E-state index contributed by atoms with van der Waals surface area (Å²) in [6, 6.07) is 17.5. The van der Waals surface area contributed by atoms with Gasteiger partial charge in [0.1, 0.15) is 0 Å². The highest BCUT2D eigenvalue weighted by molar-refractivity contribution is 6.01. The van der Waals surface area contributed by atoms with Gasteiger partial charge >= 0.3 is 0 Å². The lowest BCUT2D eigenvalue weighted by molar-refractivity contribution is -0.111. The lowest BCUT2D eigenvalue weighted by Gasteiger charge is -2.02. The van der Waals surface area contributed by atoms with Gasteiger partial charge in [-0.3, -0.25) is 10.1 Å². The largest absolute Gasteiger partial charge is 0.313 e. The fourth-order valence-electron chi connectivity index (χ4n) is 2.15. The van der Waals surface area contributed by atoms with Gasteiger partial charge < -0.3 is 4.57 Å². The van der Waals surface area contributed by atoms with Crippen LogP contribution in [0.2, 0.25) is 0 Å². The fourth-order valence-corrected chi connectivity index (χ4v) is 2.15. The molecule has 21 heavy (non-hydrogen) atoms. The predicted molar refractivity (Wildman–Crippen MR) is 84.8 cm³/mol. The molecular formula is C17H15N3O. The Kier molecular flexibility index (Phi) is 3.51. The Bertz CT molecular complexity index is 803. The molecule has 0 aliphatic heterocycles. The lowest BCUT2D eigenvalue weighted by atomic mass is 10.2. The molecule has 0 saturated heterocycles. The number of imidazole rings is 1. The van der Waals surface area contributed by atoms with Crippen molar-refractivity contribution < 1.29 is 4.79 Å². The van der Waals surface area contributed by atoms with Crippen LogP contribution in [-0.4, -0.2) is 15.5 Å². The zero-order chi connectivity index (χ0) is 14.7. The number of aromatic nitrogens is 2. The molecular weight excluding hydrogens is 262 g/mol. The Morgan fingerprint density at radius 2 is 1.81 bits per heavy atom. The highest BCUT2D eigenvalue weighted by Gasteiger charge is 2.08.